The summed E-state index contributed by atoms with van der Waals surface area (Å²) in [6.45, 7) is 6.30. The van der Waals surface area contributed by atoms with Crippen LogP contribution in [0.1, 0.15) is 23.1 Å². The fourth-order valence-electron chi connectivity index (χ4n) is 3.78. The first-order valence-corrected chi connectivity index (χ1v) is 9.67. The van der Waals surface area contributed by atoms with Gasteiger partial charge in [-0.15, -0.1) is 0 Å². The highest BCUT2D eigenvalue weighted by molar-refractivity contribution is 5.29. The van der Waals surface area contributed by atoms with Crippen LogP contribution in [0, 0.1) is 0 Å². The molecular formula is C22H28N2O2. The Kier molecular flexibility index (Phi) is 5.54. The van der Waals surface area contributed by atoms with Crippen LogP contribution in [-0.4, -0.2) is 53.8 Å². The molecule has 1 N–H and O–H groups in total. The van der Waals surface area contributed by atoms with E-state index in [0.29, 0.717) is 13.2 Å². The van der Waals surface area contributed by atoms with Gasteiger partial charge >= 0.3 is 0 Å². The zero-order valence-electron chi connectivity index (χ0n) is 15.3. The molecule has 0 amide bonds. The number of likely N-dealkylation sites (tertiary alicyclic amines) is 1. The van der Waals surface area contributed by atoms with Crippen molar-refractivity contribution in [2.75, 3.05) is 32.8 Å². The van der Waals surface area contributed by atoms with Gasteiger partial charge in [-0.25, -0.2) is 0 Å². The van der Waals surface area contributed by atoms with Gasteiger partial charge in [-0.1, -0.05) is 36.4 Å². The van der Waals surface area contributed by atoms with E-state index in [1.807, 2.05) is 12.1 Å². The molecule has 0 bridgehead atoms. The monoisotopic (exact) mass is 352 g/mol. The van der Waals surface area contributed by atoms with Crippen molar-refractivity contribution < 1.29 is 9.84 Å². The third-order valence-electron chi connectivity index (χ3n) is 5.37. The number of aliphatic hydroxyl groups is 1. The normalized spacial score (nSPS) is 18.8. The van der Waals surface area contributed by atoms with Crippen molar-refractivity contribution >= 4 is 0 Å². The van der Waals surface area contributed by atoms with Gasteiger partial charge in [-0.05, 0) is 54.8 Å². The van der Waals surface area contributed by atoms with Crippen molar-refractivity contribution in [3.63, 3.8) is 0 Å². The van der Waals surface area contributed by atoms with E-state index in [-0.39, 0.29) is 0 Å². The summed E-state index contributed by atoms with van der Waals surface area (Å²) >= 11 is 0. The highest BCUT2D eigenvalue weighted by Gasteiger charge is 2.19. The number of rotatable bonds is 7. The second-order valence-electron chi connectivity index (χ2n) is 7.50. The Balaban J connectivity index is 1.25. The van der Waals surface area contributed by atoms with Gasteiger partial charge in [0.1, 0.15) is 18.5 Å². The Labute approximate surface area is 156 Å². The summed E-state index contributed by atoms with van der Waals surface area (Å²) in [5, 5.41) is 10.4. The molecule has 1 fully saturated rings. The predicted molar refractivity (Wildman–Crippen MR) is 103 cm³/mol. The van der Waals surface area contributed by atoms with Gasteiger partial charge in [-0.3, -0.25) is 9.80 Å². The summed E-state index contributed by atoms with van der Waals surface area (Å²) in [6, 6.07) is 16.9. The van der Waals surface area contributed by atoms with E-state index in [9.17, 15) is 5.11 Å². The fraction of sp³-hybridized carbons (Fsp3) is 0.455. The number of hydrogen-bond donors (Lipinski definition) is 1. The lowest BCUT2D eigenvalue weighted by molar-refractivity contribution is 0.0637. The van der Waals surface area contributed by atoms with Crippen molar-refractivity contribution in [1.82, 2.24) is 9.80 Å². The van der Waals surface area contributed by atoms with Crippen LogP contribution < -0.4 is 4.74 Å². The Morgan fingerprint density at radius 2 is 1.81 bits per heavy atom. The van der Waals surface area contributed by atoms with E-state index in [2.05, 4.69) is 46.2 Å². The number of benzene rings is 2. The van der Waals surface area contributed by atoms with Gasteiger partial charge < -0.3 is 9.84 Å². The van der Waals surface area contributed by atoms with E-state index < -0.39 is 6.10 Å². The number of hydrogen-bond acceptors (Lipinski definition) is 4. The molecule has 2 aliphatic heterocycles. The van der Waals surface area contributed by atoms with Gasteiger partial charge in [-0.2, -0.15) is 0 Å². The third-order valence-corrected chi connectivity index (χ3v) is 5.37. The third kappa shape index (κ3) is 4.44. The summed E-state index contributed by atoms with van der Waals surface area (Å²) < 4.78 is 5.86. The molecule has 0 spiro atoms. The average Bonchev–Trinajstić information content (AvgIpc) is 2.63. The second kappa shape index (κ2) is 8.21. The molecule has 2 aromatic rings. The molecule has 2 aliphatic rings. The molecule has 1 atom stereocenters. The van der Waals surface area contributed by atoms with E-state index in [1.54, 1.807) is 0 Å². The average molecular weight is 352 g/mol. The van der Waals surface area contributed by atoms with Gasteiger partial charge in [0, 0.05) is 26.2 Å². The molecule has 138 valence electrons. The summed E-state index contributed by atoms with van der Waals surface area (Å²) in [5.74, 6) is 0.853. The van der Waals surface area contributed by atoms with Crippen LogP contribution in [0.3, 0.4) is 0 Å². The maximum atomic E-state index is 10.4. The number of fused-ring (bicyclic) bond motifs is 1. The first-order chi connectivity index (χ1) is 12.8. The van der Waals surface area contributed by atoms with Crippen molar-refractivity contribution in [3.05, 3.63) is 65.2 Å². The van der Waals surface area contributed by atoms with Gasteiger partial charge in [0.2, 0.25) is 0 Å². The molecule has 1 saturated heterocycles. The minimum absolute atomic E-state index is 0.339. The molecule has 0 aromatic heterocycles. The summed E-state index contributed by atoms with van der Waals surface area (Å²) in [6.07, 6.45) is 1.89. The molecule has 0 radical (unpaired) electrons. The second-order valence-corrected chi connectivity index (χ2v) is 7.50. The molecule has 1 unspecified atom stereocenters. The number of ether oxygens (including phenoxy) is 1. The number of nitrogens with zero attached hydrogens (tertiary/aromatic N) is 2. The van der Waals surface area contributed by atoms with Gasteiger partial charge in [0.05, 0.1) is 0 Å². The lowest BCUT2D eigenvalue weighted by Crippen LogP contribution is -2.38. The molecule has 0 aliphatic carbocycles. The fourth-order valence-corrected chi connectivity index (χ4v) is 3.78. The molecule has 4 rings (SSSR count). The van der Waals surface area contributed by atoms with Crippen LogP contribution in [0.25, 0.3) is 0 Å². The minimum atomic E-state index is -0.473. The van der Waals surface area contributed by atoms with Crippen molar-refractivity contribution in [2.24, 2.45) is 0 Å². The predicted octanol–water partition coefficient (Wildman–Crippen LogP) is 2.69. The van der Waals surface area contributed by atoms with E-state index in [0.717, 1.165) is 31.8 Å². The minimum Gasteiger partial charge on any atom is -0.491 e. The van der Waals surface area contributed by atoms with Crippen LogP contribution in [0.5, 0.6) is 5.75 Å². The summed E-state index contributed by atoms with van der Waals surface area (Å²) in [4.78, 5) is 4.75. The van der Waals surface area contributed by atoms with Gasteiger partial charge in [0.25, 0.3) is 0 Å². The van der Waals surface area contributed by atoms with Crippen molar-refractivity contribution in [3.8, 4) is 5.75 Å². The van der Waals surface area contributed by atoms with Crippen molar-refractivity contribution in [1.29, 1.82) is 0 Å². The first kappa shape index (κ1) is 17.5. The van der Waals surface area contributed by atoms with Crippen LogP contribution in [0.15, 0.2) is 48.5 Å². The summed E-state index contributed by atoms with van der Waals surface area (Å²) in [7, 11) is 0. The van der Waals surface area contributed by atoms with Crippen molar-refractivity contribution in [2.45, 2.75) is 32.0 Å². The zero-order chi connectivity index (χ0) is 17.8. The highest BCUT2D eigenvalue weighted by atomic mass is 16.5. The van der Waals surface area contributed by atoms with Gasteiger partial charge in [0.15, 0.2) is 0 Å². The van der Waals surface area contributed by atoms with Crippen LogP contribution >= 0.6 is 0 Å². The Morgan fingerprint density at radius 1 is 0.962 bits per heavy atom. The Morgan fingerprint density at radius 3 is 2.62 bits per heavy atom. The molecule has 4 heteroatoms. The topological polar surface area (TPSA) is 35.9 Å². The Hall–Kier alpha value is -1.88. The van der Waals surface area contributed by atoms with Crippen LogP contribution in [-0.2, 0) is 19.5 Å². The summed E-state index contributed by atoms with van der Waals surface area (Å²) in [5.41, 5.74) is 4.10. The SMILES string of the molecule is OC(COc1cccc(CN2CCC2)c1)CN1CCc2ccccc2C1. The van der Waals surface area contributed by atoms with Crippen LogP contribution in [0.2, 0.25) is 0 Å². The Bertz CT molecular complexity index is 730. The number of aliphatic hydroxyl groups excluding tert-OH is 1. The zero-order valence-corrected chi connectivity index (χ0v) is 15.3. The van der Waals surface area contributed by atoms with Crippen LogP contribution in [0.4, 0.5) is 0 Å². The number of β-amino-alcohol motifs (C(OH)–C–C–N with tert-alkyl or cyclic N) is 1. The van der Waals surface area contributed by atoms with E-state index >= 15 is 0 Å². The van der Waals surface area contributed by atoms with E-state index in [4.69, 9.17) is 4.74 Å². The molecule has 0 saturated carbocycles. The molecule has 2 aromatic carbocycles. The maximum Gasteiger partial charge on any atom is 0.119 e. The molecule has 2 heterocycles. The largest absolute Gasteiger partial charge is 0.491 e. The maximum absolute atomic E-state index is 10.4. The lowest BCUT2D eigenvalue weighted by atomic mass is 10.00. The van der Waals surface area contributed by atoms with E-state index in [1.165, 1.54) is 36.2 Å². The lowest BCUT2D eigenvalue weighted by Gasteiger charge is -2.31. The first-order valence-electron chi connectivity index (χ1n) is 9.67. The molecule has 26 heavy (non-hydrogen) atoms. The highest BCUT2D eigenvalue weighted by Crippen LogP contribution is 2.20. The molecular weight excluding hydrogens is 324 g/mol. The molecule has 4 nitrogen and oxygen atoms in total. The smallest absolute Gasteiger partial charge is 0.119 e. The quantitative estimate of drug-likeness (QED) is 0.831. The standard InChI is InChI=1S/C22H28N2O2/c25-21(16-24-12-9-19-6-1-2-7-20(19)15-24)17-26-22-8-3-5-18(13-22)14-23-10-4-11-23/h1-3,5-8,13,21,25H,4,9-12,14-17H2.